The molecule has 126 valence electrons. The number of carboxylic acid groups (broad SMARTS) is 1. The number of rotatable bonds is 6. The van der Waals surface area contributed by atoms with E-state index >= 15 is 0 Å². The van der Waals surface area contributed by atoms with Gasteiger partial charge in [-0.25, -0.2) is 0 Å². The van der Waals surface area contributed by atoms with Gasteiger partial charge in [0.25, 0.3) is 0 Å². The lowest BCUT2D eigenvalue weighted by atomic mass is 9.92. The molecular weight excluding hydrogens is 294 g/mol. The zero-order valence-corrected chi connectivity index (χ0v) is 13.9. The molecule has 3 rings (SSSR count). The number of benzene rings is 1. The Morgan fingerprint density at radius 2 is 2.00 bits per heavy atom. The number of aliphatic carboxylic acids is 1. The van der Waals surface area contributed by atoms with Crippen molar-refractivity contribution in [3.8, 4) is 11.5 Å². The Morgan fingerprint density at radius 1 is 1.30 bits per heavy atom. The second-order valence-corrected chi connectivity index (χ2v) is 6.84. The monoisotopic (exact) mass is 319 g/mol. The molecule has 0 radical (unpaired) electrons. The minimum Gasteiger partial charge on any atom is -0.493 e. The van der Waals surface area contributed by atoms with Crippen molar-refractivity contribution in [2.24, 2.45) is 0 Å². The summed E-state index contributed by atoms with van der Waals surface area (Å²) in [6.07, 6.45) is 4.25. The molecule has 1 N–H and O–H groups in total. The van der Waals surface area contributed by atoms with Crippen LogP contribution in [0.4, 0.5) is 0 Å². The minimum atomic E-state index is -0.740. The summed E-state index contributed by atoms with van der Waals surface area (Å²) in [6.45, 7) is 2.07. The zero-order valence-electron chi connectivity index (χ0n) is 13.9. The number of hydrogen-bond acceptors (Lipinski definition) is 4. The van der Waals surface area contributed by atoms with Gasteiger partial charge in [-0.15, -0.1) is 0 Å². The molecule has 0 spiro atoms. The number of hydrogen-bond donors (Lipinski definition) is 1. The summed E-state index contributed by atoms with van der Waals surface area (Å²) >= 11 is 0. The van der Waals surface area contributed by atoms with Crippen molar-refractivity contribution in [3.05, 3.63) is 23.8 Å². The number of ether oxygens (including phenoxy) is 2. The van der Waals surface area contributed by atoms with Crippen molar-refractivity contribution in [1.82, 2.24) is 4.90 Å². The Balaban J connectivity index is 1.78. The average molecular weight is 319 g/mol. The lowest BCUT2D eigenvalue weighted by Crippen LogP contribution is -2.35. The summed E-state index contributed by atoms with van der Waals surface area (Å²) in [5.74, 6) is 0.728. The highest BCUT2D eigenvalue weighted by Crippen LogP contribution is 2.52. The summed E-state index contributed by atoms with van der Waals surface area (Å²) in [7, 11) is 3.76. The highest BCUT2D eigenvalue weighted by atomic mass is 16.5. The molecule has 1 aliphatic carbocycles. The van der Waals surface area contributed by atoms with Crippen LogP contribution in [0.5, 0.6) is 11.5 Å². The molecule has 23 heavy (non-hydrogen) atoms. The lowest BCUT2D eigenvalue weighted by Gasteiger charge is -2.30. The third kappa shape index (κ3) is 3.61. The van der Waals surface area contributed by atoms with Gasteiger partial charge in [0.1, 0.15) is 6.10 Å². The number of carbonyl (C=O) groups is 1. The number of carboxylic acids is 1. The first-order chi connectivity index (χ1) is 11.0. The predicted octanol–water partition coefficient (Wildman–Crippen LogP) is 2.67. The van der Waals surface area contributed by atoms with Crippen molar-refractivity contribution < 1.29 is 19.4 Å². The Morgan fingerprint density at radius 3 is 2.57 bits per heavy atom. The van der Waals surface area contributed by atoms with E-state index in [4.69, 9.17) is 14.6 Å². The lowest BCUT2D eigenvalue weighted by molar-refractivity contribution is -0.137. The van der Waals surface area contributed by atoms with Crippen LogP contribution >= 0.6 is 0 Å². The van der Waals surface area contributed by atoms with Crippen molar-refractivity contribution in [2.45, 2.75) is 43.6 Å². The molecule has 0 unspecified atom stereocenters. The second kappa shape index (κ2) is 6.40. The molecule has 1 heterocycles. The van der Waals surface area contributed by atoms with E-state index in [1.807, 2.05) is 18.2 Å². The second-order valence-electron chi connectivity index (χ2n) is 6.84. The summed E-state index contributed by atoms with van der Waals surface area (Å²) in [5, 5.41) is 9.15. The van der Waals surface area contributed by atoms with Crippen LogP contribution in [0.2, 0.25) is 0 Å². The van der Waals surface area contributed by atoms with Crippen molar-refractivity contribution in [1.29, 1.82) is 0 Å². The van der Waals surface area contributed by atoms with Gasteiger partial charge in [0.15, 0.2) is 11.5 Å². The molecule has 5 heteroatoms. The van der Waals surface area contributed by atoms with E-state index in [0.717, 1.165) is 55.8 Å². The SMILES string of the molecule is COc1ccc(C2(CC(=O)O)CC2)cc1OC1CCN(C)CC1. The molecule has 1 saturated heterocycles. The molecule has 0 amide bonds. The Labute approximate surface area is 137 Å². The first-order valence-corrected chi connectivity index (χ1v) is 8.28. The molecule has 0 bridgehead atoms. The number of likely N-dealkylation sites (tertiary alicyclic amines) is 1. The van der Waals surface area contributed by atoms with E-state index in [2.05, 4.69) is 11.9 Å². The molecule has 1 saturated carbocycles. The maximum atomic E-state index is 11.1. The van der Waals surface area contributed by atoms with Gasteiger partial charge >= 0.3 is 5.97 Å². The molecule has 1 aliphatic heterocycles. The topological polar surface area (TPSA) is 59.0 Å². The smallest absolute Gasteiger partial charge is 0.304 e. The van der Waals surface area contributed by atoms with Gasteiger partial charge in [-0.1, -0.05) is 6.07 Å². The minimum absolute atomic E-state index is 0.187. The van der Waals surface area contributed by atoms with Crippen LogP contribution in [0.25, 0.3) is 0 Å². The molecular formula is C18H25NO4. The van der Waals surface area contributed by atoms with Crippen LogP contribution < -0.4 is 9.47 Å². The van der Waals surface area contributed by atoms with Gasteiger partial charge in [0.2, 0.25) is 0 Å². The third-order valence-corrected chi connectivity index (χ3v) is 5.08. The highest BCUT2D eigenvalue weighted by molar-refractivity contribution is 5.70. The van der Waals surface area contributed by atoms with Gasteiger partial charge in [0.05, 0.1) is 13.5 Å². The largest absolute Gasteiger partial charge is 0.493 e. The molecule has 5 nitrogen and oxygen atoms in total. The van der Waals surface area contributed by atoms with Crippen LogP contribution in [-0.2, 0) is 10.2 Å². The Kier molecular flexibility index (Phi) is 4.48. The fraction of sp³-hybridized carbons (Fsp3) is 0.611. The molecule has 0 aromatic heterocycles. The van der Waals surface area contributed by atoms with Gasteiger partial charge in [-0.3, -0.25) is 4.79 Å². The molecule has 0 atom stereocenters. The summed E-state index contributed by atoms with van der Waals surface area (Å²) in [6, 6.07) is 5.88. The van der Waals surface area contributed by atoms with E-state index in [1.165, 1.54) is 0 Å². The standard InChI is InChI=1S/C18H25NO4/c1-19-9-5-14(6-10-19)23-16-11-13(3-4-15(16)22-2)18(7-8-18)12-17(20)21/h3-4,11,14H,5-10,12H2,1-2H3,(H,20,21). The predicted molar refractivity (Wildman–Crippen MR) is 87.3 cm³/mol. The van der Waals surface area contributed by atoms with Crippen molar-refractivity contribution >= 4 is 5.97 Å². The molecule has 1 aromatic rings. The average Bonchev–Trinajstić information content (AvgIpc) is 3.29. The Hall–Kier alpha value is -1.75. The number of piperidine rings is 1. The molecule has 1 aromatic carbocycles. The maximum absolute atomic E-state index is 11.1. The maximum Gasteiger partial charge on any atom is 0.304 e. The van der Waals surface area contributed by atoms with Crippen LogP contribution in [0.3, 0.4) is 0 Å². The molecule has 2 aliphatic rings. The normalized spacial score (nSPS) is 21.0. The van der Waals surface area contributed by atoms with Crippen LogP contribution in [0.15, 0.2) is 18.2 Å². The molecule has 2 fully saturated rings. The highest BCUT2D eigenvalue weighted by Gasteiger charge is 2.46. The fourth-order valence-corrected chi connectivity index (χ4v) is 3.39. The van der Waals surface area contributed by atoms with E-state index in [0.29, 0.717) is 0 Å². The van der Waals surface area contributed by atoms with Gasteiger partial charge < -0.3 is 19.5 Å². The van der Waals surface area contributed by atoms with Crippen molar-refractivity contribution in [3.63, 3.8) is 0 Å². The van der Waals surface area contributed by atoms with Crippen LogP contribution in [0, 0.1) is 0 Å². The summed E-state index contributed by atoms with van der Waals surface area (Å²) in [4.78, 5) is 13.4. The van der Waals surface area contributed by atoms with Crippen molar-refractivity contribution in [2.75, 3.05) is 27.2 Å². The fourth-order valence-electron chi connectivity index (χ4n) is 3.39. The van der Waals surface area contributed by atoms with Crippen LogP contribution in [0.1, 0.15) is 37.7 Å². The quantitative estimate of drug-likeness (QED) is 0.873. The van der Waals surface area contributed by atoms with Gasteiger partial charge in [-0.2, -0.15) is 0 Å². The third-order valence-electron chi connectivity index (χ3n) is 5.08. The van der Waals surface area contributed by atoms with E-state index < -0.39 is 5.97 Å². The van der Waals surface area contributed by atoms with Crippen LogP contribution in [-0.4, -0.2) is 49.3 Å². The Bertz CT molecular complexity index is 574. The number of methoxy groups -OCH3 is 1. The van der Waals surface area contributed by atoms with E-state index in [1.54, 1.807) is 7.11 Å². The van der Waals surface area contributed by atoms with E-state index in [-0.39, 0.29) is 17.9 Å². The number of nitrogens with zero attached hydrogens (tertiary/aromatic N) is 1. The zero-order chi connectivity index (χ0) is 16.4. The van der Waals surface area contributed by atoms with Gasteiger partial charge in [0, 0.05) is 18.5 Å². The first kappa shape index (κ1) is 16.1. The van der Waals surface area contributed by atoms with E-state index in [9.17, 15) is 4.79 Å². The first-order valence-electron chi connectivity index (χ1n) is 8.28. The summed E-state index contributed by atoms with van der Waals surface area (Å²) in [5.41, 5.74) is 0.854. The van der Waals surface area contributed by atoms with Gasteiger partial charge in [-0.05, 0) is 50.4 Å². The summed E-state index contributed by atoms with van der Waals surface area (Å²) < 4.78 is 11.6.